The molecule has 0 fully saturated rings. The van der Waals surface area contributed by atoms with Crippen molar-refractivity contribution >= 4 is 15.9 Å². The summed E-state index contributed by atoms with van der Waals surface area (Å²) in [4.78, 5) is 0.100. The monoisotopic (exact) mass is 334 g/mol. The molecule has 2 aromatic rings. The molecule has 0 aromatic heterocycles. The molecule has 3 heteroatoms. The first-order valence-corrected chi connectivity index (χ1v) is 7.42. The molecule has 2 aromatic carbocycles. The molecule has 0 saturated heterocycles. The summed E-state index contributed by atoms with van der Waals surface area (Å²) in [5, 5.41) is 0. The summed E-state index contributed by atoms with van der Waals surface area (Å²) in [5.41, 5.74) is 4.95. The van der Waals surface area contributed by atoms with Crippen LogP contribution >= 0.6 is 15.9 Å². The number of hydrogen-bond donors (Lipinski definition) is 0. The zero-order valence-electron chi connectivity index (χ0n) is 12.2. The highest BCUT2D eigenvalue weighted by Crippen LogP contribution is 2.39. The van der Waals surface area contributed by atoms with Crippen LogP contribution in [0, 0.1) is 13.8 Å². The number of benzene rings is 2. The Labute approximate surface area is 128 Å². The Kier molecular flexibility index (Phi) is 4.71. The van der Waals surface area contributed by atoms with Crippen LogP contribution in [0.2, 0.25) is 0 Å². The first-order valence-electron chi connectivity index (χ1n) is 6.50. The van der Waals surface area contributed by atoms with Crippen LogP contribution in [0.1, 0.15) is 27.1 Å². The lowest BCUT2D eigenvalue weighted by atomic mass is 9.96. The molecule has 2 rings (SSSR count). The van der Waals surface area contributed by atoms with E-state index in [0.717, 1.165) is 17.1 Å². The van der Waals surface area contributed by atoms with Crippen molar-refractivity contribution in [3.05, 3.63) is 58.7 Å². The van der Waals surface area contributed by atoms with Gasteiger partial charge in [-0.1, -0.05) is 40.2 Å². The lowest BCUT2D eigenvalue weighted by molar-refractivity contribution is 0.391. The van der Waals surface area contributed by atoms with Crippen LogP contribution in [0.4, 0.5) is 0 Å². The number of halogens is 1. The summed E-state index contributed by atoms with van der Waals surface area (Å²) in [7, 11) is 3.34. The Morgan fingerprint density at radius 2 is 1.70 bits per heavy atom. The fraction of sp³-hybridized carbons (Fsp3) is 0.294. The molecule has 20 heavy (non-hydrogen) atoms. The summed E-state index contributed by atoms with van der Waals surface area (Å²) in [6.45, 7) is 4.28. The van der Waals surface area contributed by atoms with Crippen LogP contribution in [0.25, 0.3) is 0 Å². The minimum atomic E-state index is 0.100. The summed E-state index contributed by atoms with van der Waals surface area (Å²) in [6, 6.07) is 12.3. The van der Waals surface area contributed by atoms with Crippen LogP contribution in [0.3, 0.4) is 0 Å². The number of ether oxygens (including phenoxy) is 2. The summed E-state index contributed by atoms with van der Waals surface area (Å²) in [6.07, 6.45) is 0. The van der Waals surface area contributed by atoms with Gasteiger partial charge >= 0.3 is 0 Å². The summed E-state index contributed by atoms with van der Waals surface area (Å²) in [5.74, 6) is 1.62. The van der Waals surface area contributed by atoms with E-state index in [4.69, 9.17) is 9.47 Å². The standard InChI is InChI=1S/C17H19BrO2/c1-11-6-5-7-14(12(11)2)17(18)15-9-8-13(19-3)10-16(15)20-4/h5-10,17H,1-4H3. The quantitative estimate of drug-likeness (QED) is 0.747. The van der Waals surface area contributed by atoms with Crippen LogP contribution in [-0.2, 0) is 0 Å². The molecule has 1 unspecified atom stereocenters. The van der Waals surface area contributed by atoms with Crippen molar-refractivity contribution < 1.29 is 9.47 Å². The van der Waals surface area contributed by atoms with Gasteiger partial charge < -0.3 is 9.47 Å². The van der Waals surface area contributed by atoms with E-state index < -0.39 is 0 Å². The zero-order chi connectivity index (χ0) is 14.7. The third-order valence-electron chi connectivity index (χ3n) is 3.63. The van der Waals surface area contributed by atoms with Gasteiger partial charge in [0, 0.05) is 11.6 Å². The van der Waals surface area contributed by atoms with Crippen molar-refractivity contribution in [3.8, 4) is 11.5 Å². The second kappa shape index (κ2) is 6.31. The van der Waals surface area contributed by atoms with Crippen LogP contribution < -0.4 is 9.47 Å². The van der Waals surface area contributed by atoms with Crippen molar-refractivity contribution in [2.24, 2.45) is 0 Å². The molecule has 0 heterocycles. The highest BCUT2D eigenvalue weighted by Gasteiger charge is 2.18. The molecule has 0 N–H and O–H groups in total. The number of alkyl halides is 1. The van der Waals surface area contributed by atoms with Gasteiger partial charge in [0.1, 0.15) is 11.5 Å². The fourth-order valence-corrected chi connectivity index (χ4v) is 3.12. The minimum absolute atomic E-state index is 0.100. The molecule has 106 valence electrons. The number of hydrogen-bond acceptors (Lipinski definition) is 2. The fourth-order valence-electron chi connectivity index (χ4n) is 2.24. The largest absolute Gasteiger partial charge is 0.497 e. The first kappa shape index (κ1) is 14.9. The van der Waals surface area contributed by atoms with E-state index in [1.54, 1.807) is 14.2 Å². The maximum Gasteiger partial charge on any atom is 0.127 e. The Hall–Kier alpha value is -1.48. The van der Waals surface area contributed by atoms with Crippen LogP contribution in [0.5, 0.6) is 11.5 Å². The van der Waals surface area contributed by atoms with E-state index in [1.165, 1.54) is 16.7 Å². The topological polar surface area (TPSA) is 18.5 Å². The van der Waals surface area contributed by atoms with Crippen LogP contribution in [-0.4, -0.2) is 14.2 Å². The smallest absolute Gasteiger partial charge is 0.127 e. The average molecular weight is 335 g/mol. The first-order chi connectivity index (χ1) is 9.58. The summed E-state index contributed by atoms with van der Waals surface area (Å²) < 4.78 is 10.7. The predicted octanol–water partition coefficient (Wildman–Crippen LogP) is 4.80. The predicted molar refractivity (Wildman–Crippen MR) is 86.2 cm³/mol. The maximum atomic E-state index is 5.49. The summed E-state index contributed by atoms with van der Waals surface area (Å²) >= 11 is 3.80. The lowest BCUT2D eigenvalue weighted by Gasteiger charge is -2.18. The van der Waals surface area contributed by atoms with E-state index in [0.29, 0.717) is 0 Å². The highest BCUT2D eigenvalue weighted by molar-refractivity contribution is 9.09. The molecule has 2 nitrogen and oxygen atoms in total. The minimum Gasteiger partial charge on any atom is -0.497 e. The van der Waals surface area contributed by atoms with Gasteiger partial charge in [-0.05, 0) is 36.6 Å². The molecule has 0 aliphatic heterocycles. The molecule has 0 radical (unpaired) electrons. The Morgan fingerprint density at radius 1 is 0.950 bits per heavy atom. The molecule has 0 bridgehead atoms. The van der Waals surface area contributed by atoms with Gasteiger partial charge in [0.05, 0.1) is 19.0 Å². The average Bonchev–Trinajstić information content (AvgIpc) is 2.48. The second-order valence-electron chi connectivity index (χ2n) is 4.76. The van der Waals surface area contributed by atoms with Gasteiger partial charge in [0.2, 0.25) is 0 Å². The molecule has 0 spiro atoms. The van der Waals surface area contributed by atoms with E-state index in [-0.39, 0.29) is 4.83 Å². The van der Waals surface area contributed by atoms with Crippen molar-refractivity contribution in [1.82, 2.24) is 0 Å². The van der Waals surface area contributed by atoms with Crippen molar-refractivity contribution in [3.63, 3.8) is 0 Å². The van der Waals surface area contributed by atoms with E-state index >= 15 is 0 Å². The Morgan fingerprint density at radius 3 is 2.35 bits per heavy atom. The van der Waals surface area contributed by atoms with E-state index in [2.05, 4.69) is 48.0 Å². The van der Waals surface area contributed by atoms with Gasteiger partial charge in [-0.15, -0.1) is 0 Å². The maximum absolute atomic E-state index is 5.49. The van der Waals surface area contributed by atoms with Crippen molar-refractivity contribution in [1.29, 1.82) is 0 Å². The van der Waals surface area contributed by atoms with Gasteiger partial charge in [-0.3, -0.25) is 0 Å². The van der Waals surface area contributed by atoms with Crippen LogP contribution in [0.15, 0.2) is 36.4 Å². The molecule has 0 saturated carbocycles. The van der Waals surface area contributed by atoms with Gasteiger partial charge in [0.25, 0.3) is 0 Å². The third kappa shape index (κ3) is 2.83. The Balaban J connectivity index is 2.47. The molecular formula is C17H19BrO2. The Bertz CT molecular complexity index is 608. The molecule has 0 amide bonds. The number of aryl methyl sites for hydroxylation is 1. The number of methoxy groups -OCH3 is 2. The number of rotatable bonds is 4. The van der Waals surface area contributed by atoms with Crippen molar-refractivity contribution in [2.45, 2.75) is 18.7 Å². The molecule has 1 atom stereocenters. The normalized spacial score (nSPS) is 12.1. The molecule has 0 aliphatic carbocycles. The second-order valence-corrected chi connectivity index (χ2v) is 5.68. The highest BCUT2D eigenvalue weighted by atomic mass is 79.9. The van der Waals surface area contributed by atoms with E-state index in [1.807, 2.05) is 18.2 Å². The van der Waals surface area contributed by atoms with Crippen molar-refractivity contribution in [2.75, 3.05) is 14.2 Å². The zero-order valence-corrected chi connectivity index (χ0v) is 13.8. The van der Waals surface area contributed by atoms with Gasteiger partial charge in [-0.2, -0.15) is 0 Å². The lowest BCUT2D eigenvalue weighted by Crippen LogP contribution is -2.00. The molecule has 0 aliphatic rings. The SMILES string of the molecule is COc1ccc(C(Br)c2cccc(C)c2C)c(OC)c1. The molecular weight excluding hydrogens is 316 g/mol. The van der Waals surface area contributed by atoms with E-state index in [9.17, 15) is 0 Å². The van der Waals surface area contributed by atoms with Gasteiger partial charge in [-0.25, -0.2) is 0 Å². The van der Waals surface area contributed by atoms with Gasteiger partial charge in [0.15, 0.2) is 0 Å². The third-order valence-corrected chi connectivity index (χ3v) is 4.62.